The smallest absolute Gasteiger partial charge is 0.150 e. The van der Waals surface area contributed by atoms with Crippen LogP contribution < -0.4 is 5.32 Å². The number of sulfone groups is 1. The second-order valence-electron chi connectivity index (χ2n) is 5.36. The first-order chi connectivity index (χ1) is 9.91. The molecule has 0 radical (unpaired) electrons. The molecule has 1 aromatic carbocycles. The lowest BCUT2D eigenvalue weighted by Crippen LogP contribution is -2.23. The summed E-state index contributed by atoms with van der Waals surface area (Å²) in [6.45, 7) is 6.70. The van der Waals surface area contributed by atoms with E-state index in [1.165, 1.54) is 0 Å². The summed E-state index contributed by atoms with van der Waals surface area (Å²) < 4.78 is 23.2. The summed E-state index contributed by atoms with van der Waals surface area (Å²) in [5.41, 5.74) is 2.12. The Morgan fingerprint density at radius 1 is 1.29 bits per heavy atom. The van der Waals surface area contributed by atoms with E-state index in [0.29, 0.717) is 6.42 Å². The van der Waals surface area contributed by atoms with Gasteiger partial charge in [0, 0.05) is 16.8 Å². The van der Waals surface area contributed by atoms with Gasteiger partial charge in [-0.1, -0.05) is 43.6 Å². The summed E-state index contributed by atoms with van der Waals surface area (Å²) in [5.74, 6) is 0.461. The van der Waals surface area contributed by atoms with Crippen molar-refractivity contribution in [3.05, 3.63) is 34.3 Å². The zero-order valence-electron chi connectivity index (χ0n) is 13.2. The standard InChI is InChI=1S/C16H26ClNO2S/c1-4-11-18-15(10-7-12-21(19,20)5-2)14-9-6-8-13(3)16(14)17/h6,8-9,15,18H,4-5,7,10-12H2,1-3H3. The van der Waals surface area contributed by atoms with Gasteiger partial charge < -0.3 is 5.32 Å². The van der Waals surface area contributed by atoms with Crippen LogP contribution in [0.25, 0.3) is 0 Å². The van der Waals surface area contributed by atoms with Crippen LogP contribution in [0.1, 0.15) is 50.3 Å². The summed E-state index contributed by atoms with van der Waals surface area (Å²) in [6.07, 6.45) is 2.47. The second-order valence-corrected chi connectivity index (χ2v) is 8.21. The third-order valence-electron chi connectivity index (χ3n) is 3.63. The van der Waals surface area contributed by atoms with Gasteiger partial charge in [-0.25, -0.2) is 8.42 Å². The molecule has 3 nitrogen and oxygen atoms in total. The zero-order valence-corrected chi connectivity index (χ0v) is 14.7. The average molecular weight is 332 g/mol. The monoisotopic (exact) mass is 331 g/mol. The Morgan fingerprint density at radius 2 is 2.00 bits per heavy atom. The molecule has 120 valence electrons. The molecular weight excluding hydrogens is 306 g/mol. The molecule has 1 atom stereocenters. The van der Waals surface area contributed by atoms with Crippen LogP contribution in [-0.4, -0.2) is 26.5 Å². The van der Waals surface area contributed by atoms with E-state index in [4.69, 9.17) is 11.6 Å². The molecule has 0 fully saturated rings. The summed E-state index contributed by atoms with van der Waals surface area (Å²) in [7, 11) is -2.90. The molecule has 0 aliphatic heterocycles. The van der Waals surface area contributed by atoms with E-state index >= 15 is 0 Å². The van der Waals surface area contributed by atoms with E-state index in [1.54, 1.807) is 6.92 Å². The third-order valence-corrected chi connectivity index (χ3v) is 5.93. The predicted octanol–water partition coefficient (Wildman–Crippen LogP) is 3.90. The minimum Gasteiger partial charge on any atom is -0.310 e. The summed E-state index contributed by atoms with van der Waals surface area (Å²) in [6, 6.07) is 6.13. The third kappa shape index (κ3) is 5.97. The van der Waals surface area contributed by atoms with Crippen molar-refractivity contribution in [1.82, 2.24) is 5.32 Å². The molecular formula is C16H26ClNO2S. The molecule has 1 unspecified atom stereocenters. The van der Waals surface area contributed by atoms with Gasteiger partial charge in [-0.2, -0.15) is 0 Å². The Kier molecular flexibility index (Phi) is 7.71. The van der Waals surface area contributed by atoms with Gasteiger partial charge in [-0.05, 0) is 43.9 Å². The molecule has 1 aromatic rings. The SMILES string of the molecule is CCCNC(CCCS(=O)(=O)CC)c1cccc(C)c1Cl. The average Bonchev–Trinajstić information content (AvgIpc) is 2.46. The fourth-order valence-electron chi connectivity index (χ4n) is 2.28. The van der Waals surface area contributed by atoms with Gasteiger partial charge in [0.1, 0.15) is 9.84 Å². The maximum Gasteiger partial charge on any atom is 0.150 e. The van der Waals surface area contributed by atoms with E-state index in [1.807, 2.05) is 25.1 Å². The van der Waals surface area contributed by atoms with Gasteiger partial charge >= 0.3 is 0 Å². The van der Waals surface area contributed by atoms with Gasteiger partial charge in [-0.15, -0.1) is 0 Å². The molecule has 0 aliphatic rings. The maximum atomic E-state index is 11.6. The number of hydrogen-bond donors (Lipinski definition) is 1. The molecule has 0 bridgehead atoms. The lowest BCUT2D eigenvalue weighted by Gasteiger charge is -2.21. The van der Waals surface area contributed by atoms with Crippen LogP contribution in [-0.2, 0) is 9.84 Å². The fourth-order valence-corrected chi connectivity index (χ4v) is 3.43. The lowest BCUT2D eigenvalue weighted by atomic mass is 10.00. The van der Waals surface area contributed by atoms with Gasteiger partial charge in [0.25, 0.3) is 0 Å². The van der Waals surface area contributed by atoms with Crippen LogP contribution in [0, 0.1) is 6.92 Å². The minimum atomic E-state index is -2.90. The van der Waals surface area contributed by atoms with Gasteiger partial charge in [-0.3, -0.25) is 0 Å². The Labute approximate surface area is 134 Å². The summed E-state index contributed by atoms with van der Waals surface area (Å²) >= 11 is 6.40. The van der Waals surface area contributed by atoms with Gasteiger partial charge in [0.2, 0.25) is 0 Å². The van der Waals surface area contributed by atoms with Crippen molar-refractivity contribution in [2.45, 2.75) is 46.1 Å². The van der Waals surface area contributed by atoms with Crippen LogP contribution in [0.3, 0.4) is 0 Å². The number of halogens is 1. The topological polar surface area (TPSA) is 46.2 Å². The first-order valence-electron chi connectivity index (χ1n) is 7.60. The van der Waals surface area contributed by atoms with Gasteiger partial charge in [0.05, 0.1) is 5.75 Å². The van der Waals surface area contributed by atoms with E-state index in [-0.39, 0.29) is 17.5 Å². The number of rotatable bonds is 9. The van der Waals surface area contributed by atoms with Crippen molar-refractivity contribution in [3.63, 3.8) is 0 Å². The van der Waals surface area contributed by atoms with Crippen molar-refractivity contribution in [2.24, 2.45) is 0 Å². The highest BCUT2D eigenvalue weighted by Gasteiger charge is 2.16. The van der Waals surface area contributed by atoms with Crippen molar-refractivity contribution in [2.75, 3.05) is 18.1 Å². The molecule has 5 heteroatoms. The number of aryl methyl sites for hydroxylation is 1. The fraction of sp³-hybridized carbons (Fsp3) is 0.625. The van der Waals surface area contributed by atoms with Gasteiger partial charge in [0.15, 0.2) is 0 Å². The number of nitrogens with one attached hydrogen (secondary N) is 1. The maximum absolute atomic E-state index is 11.6. The predicted molar refractivity (Wildman–Crippen MR) is 90.8 cm³/mol. The van der Waals surface area contributed by atoms with Crippen molar-refractivity contribution >= 4 is 21.4 Å². The molecule has 21 heavy (non-hydrogen) atoms. The second kappa shape index (κ2) is 8.76. The Morgan fingerprint density at radius 3 is 2.62 bits per heavy atom. The Bertz CT molecular complexity index is 543. The van der Waals surface area contributed by atoms with E-state index in [2.05, 4.69) is 12.2 Å². The van der Waals surface area contributed by atoms with E-state index in [0.717, 1.165) is 35.5 Å². The summed E-state index contributed by atoms with van der Waals surface area (Å²) in [4.78, 5) is 0. The number of hydrogen-bond acceptors (Lipinski definition) is 3. The van der Waals surface area contributed by atoms with Crippen LogP contribution in [0.15, 0.2) is 18.2 Å². The Hall–Kier alpha value is -0.580. The molecule has 0 saturated carbocycles. The van der Waals surface area contributed by atoms with E-state index < -0.39 is 9.84 Å². The molecule has 0 heterocycles. The number of benzene rings is 1. The van der Waals surface area contributed by atoms with Crippen LogP contribution >= 0.6 is 11.6 Å². The highest BCUT2D eigenvalue weighted by molar-refractivity contribution is 7.91. The molecule has 0 spiro atoms. The largest absolute Gasteiger partial charge is 0.310 e. The summed E-state index contributed by atoms with van der Waals surface area (Å²) in [5, 5.41) is 4.26. The zero-order chi connectivity index (χ0) is 15.9. The first kappa shape index (κ1) is 18.5. The minimum absolute atomic E-state index is 0.115. The molecule has 1 N–H and O–H groups in total. The quantitative estimate of drug-likeness (QED) is 0.746. The van der Waals surface area contributed by atoms with Crippen LogP contribution in [0.5, 0.6) is 0 Å². The molecule has 1 rings (SSSR count). The van der Waals surface area contributed by atoms with Crippen molar-refractivity contribution in [3.8, 4) is 0 Å². The highest BCUT2D eigenvalue weighted by atomic mass is 35.5. The normalized spacial score (nSPS) is 13.3. The molecule has 0 amide bonds. The Balaban J connectivity index is 2.78. The lowest BCUT2D eigenvalue weighted by molar-refractivity contribution is 0.492. The van der Waals surface area contributed by atoms with Crippen LogP contribution in [0.4, 0.5) is 0 Å². The van der Waals surface area contributed by atoms with Crippen molar-refractivity contribution < 1.29 is 8.42 Å². The highest BCUT2D eigenvalue weighted by Crippen LogP contribution is 2.29. The van der Waals surface area contributed by atoms with Crippen molar-refractivity contribution in [1.29, 1.82) is 0 Å². The van der Waals surface area contributed by atoms with Crippen LogP contribution in [0.2, 0.25) is 5.02 Å². The van der Waals surface area contributed by atoms with E-state index in [9.17, 15) is 8.42 Å². The molecule has 0 aliphatic carbocycles. The molecule has 0 aromatic heterocycles. The molecule has 0 saturated heterocycles. The first-order valence-corrected chi connectivity index (χ1v) is 9.80.